The molecule has 0 saturated heterocycles. The minimum Gasteiger partial charge on any atom is -0.481 e. The van der Waals surface area contributed by atoms with Gasteiger partial charge in [-0.15, -0.1) is 0 Å². The molecular weight excluding hydrogens is 466 g/mol. The minimum absolute atomic E-state index is 0.000148. The highest BCUT2D eigenvalue weighted by Crippen LogP contribution is 2.31. The number of aliphatic imine (C=N–C) groups is 1. The van der Waals surface area contributed by atoms with Crippen molar-refractivity contribution >= 4 is 23.3 Å². The second kappa shape index (κ2) is 9.85. The molecule has 1 aliphatic rings. The van der Waals surface area contributed by atoms with Crippen LogP contribution in [0.15, 0.2) is 65.6 Å². The first-order valence-electron chi connectivity index (χ1n) is 11.4. The van der Waals surface area contributed by atoms with E-state index in [4.69, 9.17) is 5.11 Å². The number of nitrogens with zero attached hydrogens (tertiary/aromatic N) is 3. The number of aromatic nitrogens is 2. The van der Waals surface area contributed by atoms with Gasteiger partial charge in [-0.3, -0.25) is 14.6 Å². The lowest BCUT2D eigenvalue weighted by Crippen LogP contribution is -2.26. The van der Waals surface area contributed by atoms with Crippen LogP contribution in [0, 0.1) is 11.6 Å². The van der Waals surface area contributed by atoms with Crippen LogP contribution >= 0.6 is 0 Å². The molecule has 4 rings (SSSR count). The van der Waals surface area contributed by atoms with Crippen molar-refractivity contribution in [2.45, 2.75) is 45.6 Å². The molecule has 0 bridgehead atoms. The van der Waals surface area contributed by atoms with Gasteiger partial charge >= 0.3 is 5.97 Å². The maximum absolute atomic E-state index is 14.5. The standard InChI is InChI=1S/C27H26F2N4O3/c1-27(2,3)33-15-31-24(17-6-8-19(28)9-7-17)25(33)22-13-18(14-30-22)26(36)32-21-10-4-16(12-20(21)29)5-11-23(34)35/h4,6-10,12,14-15H,5,11,13H2,1-3H3,(H,32,36)(H,34,35). The van der Waals surface area contributed by atoms with E-state index in [1.54, 1.807) is 24.5 Å². The molecule has 0 fully saturated rings. The lowest BCUT2D eigenvalue weighted by molar-refractivity contribution is -0.137. The third kappa shape index (κ3) is 5.40. The minimum atomic E-state index is -0.966. The van der Waals surface area contributed by atoms with Gasteiger partial charge in [0.15, 0.2) is 0 Å². The third-order valence-electron chi connectivity index (χ3n) is 5.82. The molecule has 0 unspecified atom stereocenters. The molecule has 36 heavy (non-hydrogen) atoms. The molecule has 2 heterocycles. The van der Waals surface area contributed by atoms with E-state index in [9.17, 15) is 18.4 Å². The SMILES string of the molecule is CC(C)(C)n1cnc(-c2ccc(F)cc2)c1C1=NC=C(C(=O)Nc2ccc(CCC(=O)O)cc2F)C1. The predicted molar refractivity (Wildman–Crippen MR) is 133 cm³/mol. The number of carbonyl (C=O) groups excluding carboxylic acids is 1. The van der Waals surface area contributed by atoms with Crippen LogP contribution in [0.1, 0.15) is 44.9 Å². The summed E-state index contributed by atoms with van der Waals surface area (Å²) in [6, 6.07) is 10.3. The summed E-state index contributed by atoms with van der Waals surface area (Å²) in [6.07, 6.45) is 3.46. The lowest BCUT2D eigenvalue weighted by Gasteiger charge is -2.24. The van der Waals surface area contributed by atoms with Crippen molar-refractivity contribution in [2.24, 2.45) is 4.99 Å². The predicted octanol–water partition coefficient (Wildman–Crippen LogP) is 5.32. The third-order valence-corrected chi connectivity index (χ3v) is 5.82. The van der Waals surface area contributed by atoms with Crippen LogP contribution in [0.5, 0.6) is 0 Å². The Labute approximate surface area is 207 Å². The van der Waals surface area contributed by atoms with Gasteiger partial charge in [0.05, 0.1) is 29.1 Å². The monoisotopic (exact) mass is 492 g/mol. The van der Waals surface area contributed by atoms with Crippen molar-refractivity contribution in [1.29, 1.82) is 0 Å². The van der Waals surface area contributed by atoms with Gasteiger partial charge in [0.25, 0.3) is 5.91 Å². The Morgan fingerprint density at radius 1 is 1.11 bits per heavy atom. The van der Waals surface area contributed by atoms with E-state index >= 15 is 0 Å². The van der Waals surface area contributed by atoms with Crippen LogP contribution in [0.3, 0.4) is 0 Å². The second-order valence-corrected chi connectivity index (χ2v) is 9.56. The Balaban J connectivity index is 1.53. The number of carboxylic acids is 1. The molecule has 2 aromatic carbocycles. The van der Waals surface area contributed by atoms with E-state index in [0.717, 1.165) is 11.3 Å². The maximum Gasteiger partial charge on any atom is 0.303 e. The fourth-order valence-electron chi connectivity index (χ4n) is 3.93. The Morgan fingerprint density at radius 2 is 1.83 bits per heavy atom. The van der Waals surface area contributed by atoms with Gasteiger partial charge in [0, 0.05) is 35.7 Å². The van der Waals surface area contributed by atoms with E-state index in [1.807, 2.05) is 25.3 Å². The van der Waals surface area contributed by atoms with Crippen LogP contribution in [0.2, 0.25) is 0 Å². The van der Waals surface area contributed by atoms with Crippen molar-refractivity contribution < 1.29 is 23.5 Å². The summed E-state index contributed by atoms with van der Waals surface area (Å²) in [5.41, 5.74) is 3.24. The molecule has 9 heteroatoms. The van der Waals surface area contributed by atoms with Crippen LogP contribution < -0.4 is 5.32 Å². The summed E-state index contributed by atoms with van der Waals surface area (Å²) >= 11 is 0. The van der Waals surface area contributed by atoms with E-state index in [2.05, 4.69) is 15.3 Å². The van der Waals surface area contributed by atoms with Crippen LogP contribution in [0.25, 0.3) is 11.3 Å². The number of hydrogen-bond donors (Lipinski definition) is 2. The van der Waals surface area contributed by atoms with Gasteiger partial charge in [0.1, 0.15) is 11.6 Å². The fraction of sp³-hybridized carbons (Fsp3) is 0.259. The smallest absolute Gasteiger partial charge is 0.303 e. The van der Waals surface area contributed by atoms with Gasteiger partial charge in [-0.2, -0.15) is 0 Å². The number of nitrogens with one attached hydrogen (secondary N) is 1. The first kappa shape index (κ1) is 25.0. The Kier molecular flexibility index (Phi) is 6.83. The van der Waals surface area contributed by atoms with Crippen molar-refractivity contribution in [2.75, 3.05) is 5.32 Å². The normalized spacial score (nSPS) is 13.4. The van der Waals surface area contributed by atoms with Crippen molar-refractivity contribution in [3.8, 4) is 11.3 Å². The molecule has 1 aliphatic heterocycles. The zero-order valence-electron chi connectivity index (χ0n) is 20.2. The highest BCUT2D eigenvalue weighted by Gasteiger charge is 2.28. The quantitative estimate of drug-likeness (QED) is 0.467. The highest BCUT2D eigenvalue weighted by atomic mass is 19.1. The number of anilines is 1. The average Bonchev–Trinajstić information content (AvgIpc) is 3.47. The molecule has 0 radical (unpaired) electrons. The number of imidazole rings is 1. The molecule has 0 atom stereocenters. The largest absolute Gasteiger partial charge is 0.481 e. The molecule has 0 saturated carbocycles. The van der Waals surface area contributed by atoms with Gasteiger partial charge in [-0.1, -0.05) is 6.07 Å². The summed E-state index contributed by atoms with van der Waals surface area (Å²) in [5, 5.41) is 11.4. The Morgan fingerprint density at radius 3 is 2.47 bits per heavy atom. The number of amides is 1. The maximum atomic E-state index is 14.5. The lowest BCUT2D eigenvalue weighted by atomic mass is 10.0. The Bertz CT molecular complexity index is 1380. The second-order valence-electron chi connectivity index (χ2n) is 9.56. The van der Waals surface area contributed by atoms with E-state index in [1.165, 1.54) is 30.5 Å². The van der Waals surface area contributed by atoms with E-state index in [0.29, 0.717) is 22.5 Å². The first-order chi connectivity index (χ1) is 17.0. The van der Waals surface area contributed by atoms with E-state index in [-0.39, 0.29) is 36.3 Å². The highest BCUT2D eigenvalue weighted by molar-refractivity contribution is 6.14. The summed E-state index contributed by atoms with van der Waals surface area (Å²) in [6.45, 7) is 6.06. The molecule has 7 nitrogen and oxygen atoms in total. The number of halogens is 2. The number of aryl methyl sites for hydroxylation is 1. The fourth-order valence-corrected chi connectivity index (χ4v) is 3.93. The molecule has 2 N–H and O–H groups in total. The van der Waals surface area contributed by atoms with Crippen molar-refractivity contribution in [3.63, 3.8) is 0 Å². The van der Waals surface area contributed by atoms with E-state index < -0.39 is 17.7 Å². The van der Waals surface area contributed by atoms with Crippen molar-refractivity contribution in [1.82, 2.24) is 9.55 Å². The number of carboxylic acid groups (broad SMARTS) is 1. The molecule has 0 aliphatic carbocycles. The van der Waals surface area contributed by atoms with Crippen molar-refractivity contribution in [3.05, 3.63) is 83.5 Å². The Hall–Kier alpha value is -4.14. The number of benzene rings is 2. The molecule has 1 amide bonds. The first-order valence-corrected chi connectivity index (χ1v) is 11.4. The van der Waals surface area contributed by atoms with Crippen LogP contribution in [0.4, 0.5) is 14.5 Å². The summed E-state index contributed by atoms with van der Waals surface area (Å²) in [7, 11) is 0. The molecule has 3 aromatic rings. The van der Waals surface area contributed by atoms with Gasteiger partial charge in [0.2, 0.25) is 0 Å². The summed E-state index contributed by atoms with van der Waals surface area (Å²) < 4.78 is 30.0. The number of hydrogen-bond acceptors (Lipinski definition) is 4. The summed E-state index contributed by atoms with van der Waals surface area (Å²) in [4.78, 5) is 32.7. The van der Waals surface area contributed by atoms with Crippen LogP contribution in [-0.4, -0.2) is 32.2 Å². The molecular formula is C27H26F2N4O3. The topological polar surface area (TPSA) is 96.6 Å². The molecule has 186 valence electrons. The van der Waals surface area contributed by atoms with Gasteiger partial charge in [-0.05, 0) is 69.2 Å². The number of aliphatic carboxylic acids is 1. The average molecular weight is 493 g/mol. The summed E-state index contributed by atoms with van der Waals surface area (Å²) in [5.74, 6) is -2.45. The van der Waals surface area contributed by atoms with Crippen LogP contribution in [-0.2, 0) is 21.5 Å². The van der Waals surface area contributed by atoms with Gasteiger partial charge < -0.3 is 15.0 Å². The zero-order chi connectivity index (χ0) is 26.0. The number of carbonyl (C=O) groups is 2. The van der Waals surface area contributed by atoms with Gasteiger partial charge in [-0.25, -0.2) is 13.8 Å². The number of rotatable bonds is 7. The molecule has 0 spiro atoms. The molecule has 1 aromatic heterocycles. The zero-order valence-corrected chi connectivity index (χ0v) is 20.2.